The molecule has 0 atom stereocenters. The van der Waals surface area contributed by atoms with Crippen molar-refractivity contribution in [3.05, 3.63) is 28.9 Å². The van der Waals surface area contributed by atoms with E-state index in [4.69, 9.17) is 8.83 Å². The Hall–Kier alpha value is -2.31. The van der Waals surface area contributed by atoms with Crippen LogP contribution in [0.25, 0.3) is 11.7 Å². The highest BCUT2D eigenvalue weighted by atomic mass is 16.4. The minimum absolute atomic E-state index is 0.0851. The lowest BCUT2D eigenvalue weighted by atomic mass is 9.87. The molecule has 0 aliphatic heterocycles. The maximum absolute atomic E-state index is 12.4. The first-order chi connectivity index (χ1) is 11.0. The first kappa shape index (κ1) is 15.6. The molecule has 2 heterocycles. The average Bonchev–Trinajstić information content (AvgIpc) is 3.18. The van der Waals surface area contributed by atoms with Gasteiger partial charge in [-0.25, -0.2) is 4.79 Å². The molecule has 23 heavy (non-hydrogen) atoms. The molecule has 2 aromatic heterocycles. The van der Waals surface area contributed by atoms with Crippen LogP contribution >= 0.6 is 0 Å². The Balaban J connectivity index is 1.67. The first-order valence-electron chi connectivity index (χ1n) is 7.92. The van der Waals surface area contributed by atoms with E-state index in [0.29, 0.717) is 5.76 Å². The highest BCUT2D eigenvalue weighted by Gasteiger charge is 2.25. The van der Waals surface area contributed by atoms with E-state index >= 15 is 0 Å². The molecular formula is C16H21N3O4. The molecule has 1 aliphatic carbocycles. The zero-order valence-corrected chi connectivity index (χ0v) is 13.4. The van der Waals surface area contributed by atoms with Crippen molar-refractivity contribution in [3.8, 4) is 11.7 Å². The van der Waals surface area contributed by atoms with Crippen molar-refractivity contribution in [3.63, 3.8) is 0 Å². The van der Waals surface area contributed by atoms with Crippen molar-refractivity contribution >= 4 is 5.91 Å². The molecule has 0 spiro atoms. The summed E-state index contributed by atoms with van der Waals surface area (Å²) in [7, 11) is 1.79. The Labute approximate surface area is 133 Å². The predicted molar refractivity (Wildman–Crippen MR) is 82.7 cm³/mol. The van der Waals surface area contributed by atoms with Gasteiger partial charge in [-0.3, -0.25) is 4.79 Å². The molecule has 0 N–H and O–H groups in total. The fourth-order valence-electron chi connectivity index (χ4n) is 2.98. The van der Waals surface area contributed by atoms with E-state index in [1.807, 2.05) is 0 Å². The quantitative estimate of drug-likeness (QED) is 0.862. The molecule has 7 heteroatoms. The summed E-state index contributed by atoms with van der Waals surface area (Å²) in [6.45, 7) is 2.12. The van der Waals surface area contributed by atoms with E-state index in [9.17, 15) is 9.59 Å². The van der Waals surface area contributed by atoms with Gasteiger partial charge >= 0.3 is 5.76 Å². The van der Waals surface area contributed by atoms with Gasteiger partial charge < -0.3 is 13.7 Å². The molecule has 124 valence electrons. The second-order valence-corrected chi connectivity index (χ2v) is 6.23. The lowest BCUT2D eigenvalue weighted by molar-refractivity contribution is -0.133. The number of furan rings is 1. The van der Waals surface area contributed by atoms with E-state index in [-0.39, 0.29) is 24.4 Å². The zero-order valence-electron chi connectivity index (χ0n) is 13.4. The van der Waals surface area contributed by atoms with E-state index in [2.05, 4.69) is 12.0 Å². The van der Waals surface area contributed by atoms with Crippen LogP contribution in [-0.4, -0.2) is 33.7 Å². The van der Waals surface area contributed by atoms with Gasteiger partial charge in [0.25, 0.3) is 5.89 Å². The lowest BCUT2D eigenvalue weighted by Crippen LogP contribution is -2.42. The van der Waals surface area contributed by atoms with Crippen LogP contribution in [-0.2, 0) is 11.3 Å². The number of rotatable bonds is 4. The molecule has 0 aromatic carbocycles. The van der Waals surface area contributed by atoms with Gasteiger partial charge in [-0.1, -0.05) is 6.92 Å². The molecule has 2 aromatic rings. The van der Waals surface area contributed by atoms with Crippen LogP contribution in [0.4, 0.5) is 0 Å². The van der Waals surface area contributed by atoms with Crippen molar-refractivity contribution in [2.75, 3.05) is 7.05 Å². The number of likely N-dealkylation sites (N-methyl/N-ethyl adjacent to an activating group) is 1. The van der Waals surface area contributed by atoms with Crippen LogP contribution in [0.3, 0.4) is 0 Å². The van der Waals surface area contributed by atoms with Gasteiger partial charge in [0.1, 0.15) is 6.54 Å². The molecule has 0 unspecified atom stereocenters. The monoisotopic (exact) mass is 319 g/mol. The Bertz CT molecular complexity index is 708. The molecule has 1 amide bonds. The molecule has 1 aliphatic rings. The summed E-state index contributed by atoms with van der Waals surface area (Å²) in [6.07, 6.45) is 5.75. The minimum Gasteiger partial charge on any atom is -0.459 e. The molecule has 1 saturated carbocycles. The molecule has 0 radical (unpaired) electrons. The van der Waals surface area contributed by atoms with Gasteiger partial charge in [0.2, 0.25) is 5.91 Å². The smallest absolute Gasteiger partial charge is 0.437 e. The third-order valence-corrected chi connectivity index (χ3v) is 4.55. The molecule has 0 saturated heterocycles. The molecule has 3 rings (SSSR count). The largest absolute Gasteiger partial charge is 0.459 e. The van der Waals surface area contributed by atoms with Crippen LogP contribution in [0.2, 0.25) is 0 Å². The highest BCUT2D eigenvalue weighted by molar-refractivity contribution is 5.76. The third-order valence-electron chi connectivity index (χ3n) is 4.55. The van der Waals surface area contributed by atoms with Crippen molar-refractivity contribution in [2.45, 2.75) is 45.2 Å². The Morgan fingerprint density at radius 3 is 2.78 bits per heavy atom. The van der Waals surface area contributed by atoms with Crippen molar-refractivity contribution < 1.29 is 13.6 Å². The fraction of sp³-hybridized carbons (Fsp3) is 0.562. The fourth-order valence-corrected chi connectivity index (χ4v) is 2.98. The van der Waals surface area contributed by atoms with Gasteiger partial charge in [0.15, 0.2) is 5.76 Å². The molecule has 0 bridgehead atoms. The molecule has 1 fully saturated rings. The van der Waals surface area contributed by atoms with Gasteiger partial charge in [-0.2, -0.15) is 4.68 Å². The van der Waals surface area contributed by atoms with Crippen LogP contribution in [0.15, 0.2) is 32.0 Å². The highest BCUT2D eigenvalue weighted by Crippen LogP contribution is 2.26. The van der Waals surface area contributed by atoms with E-state index in [1.54, 1.807) is 24.1 Å². The van der Waals surface area contributed by atoms with Crippen LogP contribution in [0, 0.1) is 5.92 Å². The molecule has 7 nitrogen and oxygen atoms in total. The van der Waals surface area contributed by atoms with Gasteiger partial charge in [0.05, 0.1) is 6.26 Å². The SMILES string of the molecule is CC1CCC(N(C)C(=O)Cn2nc(-c3ccco3)oc2=O)CC1. The Morgan fingerprint density at radius 2 is 2.13 bits per heavy atom. The number of carbonyl (C=O) groups excluding carboxylic acids is 1. The standard InChI is InChI=1S/C16H21N3O4/c1-11-5-7-12(8-6-11)18(2)14(20)10-19-16(21)23-15(17-19)13-4-3-9-22-13/h3-4,9,11-12H,5-8,10H2,1-2H3. The maximum Gasteiger partial charge on any atom is 0.437 e. The van der Waals surface area contributed by atoms with Crippen LogP contribution < -0.4 is 5.76 Å². The second kappa shape index (κ2) is 6.44. The number of hydrogen-bond donors (Lipinski definition) is 0. The normalized spacial score (nSPS) is 21.3. The summed E-state index contributed by atoms with van der Waals surface area (Å²) in [5.74, 6) is 0.384. The maximum atomic E-state index is 12.4. The summed E-state index contributed by atoms with van der Waals surface area (Å²) >= 11 is 0. The number of hydrogen-bond acceptors (Lipinski definition) is 5. The molecular weight excluding hydrogens is 298 g/mol. The number of nitrogens with zero attached hydrogens (tertiary/aromatic N) is 3. The minimum atomic E-state index is -0.657. The number of aromatic nitrogens is 2. The number of amides is 1. The van der Waals surface area contributed by atoms with Crippen LogP contribution in [0.5, 0.6) is 0 Å². The van der Waals surface area contributed by atoms with Gasteiger partial charge in [-0.05, 0) is 43.7 Å². The summed E-state index contributed by atoms with van der Waals surface area (Å²) in [5, 5.41) is 4.03. The predicted octanol–water partition coefficient (Wildman–Crippen LogP) is 2.13. The zero-order chi connectivity index (χ0) is 16.4. The van der Waals surface area contributed by atoms with Crippen molar-refractivity contribution in [2.24, 2.45) is 5.92 Å². The van der Waals surface area contributed by atoms with E-state index in [1.165, 1.54) is 6.26 Å². The van der Waals surface area contributed by atoms with Gasteiger partial charge in [0, 0.05) is 13.1 Å². The van der Waals surface area contributed by atoms with E-state index in [0.717, 1.165) is 36.3 Å². The Kier molecular flexibility index (Phi) is 4.36. The van der Waals surface area contributed by atoms with Crippen LogP contribution in [0.1, 0.15) is 32.6 Å². The summed E-state index contributed by atoms with van der Waals surface area (Å²) < 4.78 is 11.2. The van der Waals surface area contributed by atoms with Crippen molar-refractivity contribution in [1.82, 2.24) is 14.7 Å². The van der Waals surface area contributed by atoms with E-state index < -0.39 is 5.76 Å². The Morgan fingerprint density at radius 1 is 1.39 bits per heavy atom. The van der Waals surface area contributed by atoms with Gasteiger partial charge in [-0.15, -0.1) is 5.10 Å². The summed E-state index contributed by atoms with van der Waals surface area (Å²) in [6, 6.07) is 3.57. The van der Waals surface area contributed by atoms with Crippen molar-refractivity contribution in [1.29, 1.82) is 0 Å². The lowest BCUT2D eigenvalue weighted by Gasteiger charge is -2.33. The average molecular weight is 319 g/mol. The number of carbonyl (C=O) groups is 1. The second-order valence-electron chi connectivity index (χ2n) is 6.23. The third kappa shape index (κ3) is 3.38. The topological polar surface area (TPSA) is 81.5 Å². The first-order valence-corrected chi connectivity index (χ1v) is 7.92. The summed E-state index contributed by atoms with van der Waals surface area (Å²) in [5.41, 5.74) is 0. The summed E-state index contributed by atoms with van der Waals surface area (Å²) in [4.78, 5) is 26.0.